The van der Waals surface area contributed by atoms with Crippen molar-refractivity contribution in [3.63, 3.8) is 0 Å². The molecule has 0 fully saturated rings. The Morgan fingerprint density at radius 2 is 1.50 bits per heavy atom. The van der Waals surface area contributed by atoms with E-state index in [4.69, 9.17) is 5.26 Å². The molecule has 0 amide bonds. The molecular weight excluding hydrogens is 296 g/mol. The first-order valence-electron chi connectivity index (χ1n) is 9.70. The van der Waals surface area contributed by atoms with Crippen molar-refractivity contribution < 1.29 is 0 Å². The Morgan fingerprint density at radius 3 is 2.08 bits per heavy atom. The average Bonchev–Trinajstić information content (AvgIpc) is 2.60. The van der Waals surface area contributed by atoms with Crippen LogP contribution in [0.15, 0.2) is 12.1 Å². The Labute approximate surface area is 148 Å². The van der Waals surface area contributed by atoms with E-state index in [0.29, 0.717) is 11.4 Å². The summed E-state index contributed by atoms with van der Waals surface area (Å²) in [7, 11) is 0. The summed E-state index contributed by atoms with van der Waals surface area (Å²) in [6.07, 6.45) is 13.3. The van der Waals surface area contributed by atoms with Crippen LogP contribution in [0.3, 0.4) is 0 Å². The molecule has 1 rings (SSSR count). The molecule has 0 bridgehead atoms. The number of nitriles is 1. The van der Waals surface area contributed by atoms with Crippen molar-refractivity contribution in [2.75, 3.05) is 23.7 Å². The lowest BCUT2D eigenvalue weighted by atomic mass is 10.1. The standard InChI is InChI=1S/C20H34N4/c1-3-5-6-7-8-9-10-11-12-13-16-23-20-18(17-21)14-15-19(24-20)22-4-2/h14-15H,3-13,16H2,1-2H3,(H2,22,23,24). The highest BCUT2D eigenvalue weighted by atomic mass is 15.1. The molecule has 0 aromatic carbocycles. The smallest absolute Gasteiger partial charge is 0.146 e. The summed E-state index contributed by atoms with van der Waals surface area (Å²) in [5.41, 5.74) is 0.615. The van der Waals surface area contributed by atoms with Crippen LogP contribution in [0.25, 0.3) is 0 Å². The largest absolute Gasteiger partial charge is 0.370 e. The van der Waals surface area contributed by atoms with Gasteiger partial charge in [0.15, 0.2) is 0 Å². The molecule has 0 saturated heterocycles. The van der Waals surface area contributed by atoms with Gasteiger partial charge in [0.1, 0.15) is 17.7 Å². The minimum Gasteiger partial charge on any atom is -0.370 e. The lowest BCUT2D eigenvalue weighted by molar-refractivity contribution is 0.560. The van der Waals surface area contributed by atoms with E-state index < -0.39 is 0 Å². The van der Waals surface area contributed by atoms with E-state index >= 15 is 0 Å². The molecule has 1 aromatic heterocycles. The second-order valence-electron chi connectivity index (χ2n) is 6.34. The molecule has 24 heavy (non-hydrogen) atoms. The Bertz CT molecular complexity index is 479. The summed E-state index contributed by atoms with van der Waals surface area (Å²) < 4.78 is 0. The lowest BCUT2D eigenvalue weighted by Crippen LogP contribution is -2.07. The molecule has 0 saturated carbocycles. The molecule has 0 unspecified atom stereocenters. The van der Waals surface area contributed by atoms with Crippen molar-refractivity contribution >= 4 is 11.6 Å². The third kappa shape index (κ3) is 8.76. The normalized spacial score (nSPS) is 10.4. The van der Waals surface area contributed by atoms with Crippen LogP contribution in [0.1, 0.15) is 83.6 Å². The molecule has 0 radical (unpaired) electrons. The zero-order valence-electron chi connectivity index (χ0n) is 15.5. The fraction of sp³-hybridized carbons (Fsp3) is 0.700. The van der Waals surface area contributed by atoms with Crippen LogP contribution in [0.5, 0.6) is 0 Å². The van der Waals surface area contributed by atoms with Gasteiger partial charge in [-0.25, -0.2) is 4.98 Å². The number of aromatic nitrogens is 1. The molecule has 4 nitrogen and oxygen atoms in total. The van der Waals surface area contributed by atoms with E-state index in [2.05, 4.69) is 28.6 Å². The molecule has 1 aromatic rings. The summed E-state index contributed by atoms with van der Waals surface area (Å²) in [5.74, 6) is 1.52. The SMILES string of the molecule is CCCCCCCCCCCCNc1nc(NCC)ccc1C#N. The number of nitrogens with zero attached hydrogens (tertiary/aromatic N) is 2. The predicted molar refractivity (Wildman–Crippen MR) is 103 cm³/mol. The third-order valence-corrected chi connectivity index (χ3v) is 4.20. The minimum absolute atomic E-state index is 0.615. The van der Waals surface area contributed by atoms with Crippen molar-refractivity contribution in [3.8, 4) is 6.07 Å². The Morgan fingerprint density at radius 1 is 0.875 bits per heavy atom. The van der Waals surface area contributed by atoms with Crippen LogP contribution in [0.2, 0.25) is 0 Å². The highest BCUT2D eigenvalue weighted by molar-refractivity contribution is 5.56. The van der Waals surface area contributed by atoms with Gasteiger partial charge < -0.3 is 10.6 Å². The van der Waals surface area contributed by atoms with Gasteiger partial charge >= 0.3 is 0 Å². The molecule has 0 aliphatic rings. The second kappa shape index (κ2) is 13.7. The second-order valence-corrected chi connectivity index (χ2v) is 6.34. The number of pyridine rings is 1. The van der Waals surface area contributed by atoms with Gasteiger partial charge in [-0.2, -0.15) is 5.26 Å². The molecule has 134 valence electrons. The molecule has 1 heterocycles. The maximum Gasteiger partial charge on any atom is 0.146 e. The van der Waals surface area contributed by atoms with Gasteiger partial charge in [-0.3, -0.25) is 0 Å². The molecule has 4 heteroatoms. The van der Waals surface area contributed by atoms with Gasteiger partial charge in [0, 0.05) is 13.1 Å². The first kappa shape index (κ1) is 20.3. The van der Waals surface area contributed by atoms with Crippen molar-refractivity contribution in [1.82, 2.24) is 4.98 Å². The van der Waals surface area contributed by atoms with Crippen molar-refractivity contribution in [1.29, 1.82) is 5.26 Å². The lowest BCUT2D eigenvalue weighted by Gasteiger charge is -2.10. The summed E-state index contributed by atoms with van der Waals surface area (Å²) in [4.78, 5) is 4.47. The number of hydrogen-bond donors (Lipinski definition) is 2. The van der Waals surface area contributed by atoms with Crippen molar-refractivity contribution in [3.05, 3.63) is 17.7 Å². The summed E-state index contributed by atoms with van der Waals surface area (Å²) in [6.45, 7) is 6.01. The Balaban J connectivity index is 2.12. The van der Waals surface area contributed by atoms with Gasteiger partial charge in [-0.05, 0) is 25.5 Å². The molecule has 0 spiro atoms. The monoisotopic (exact) mass is 330 g/mol. The highest BCUT2D eigenvalue weighted by Gasteiger charge is 2.04. The van der Waals surface area contributed by atoms with E-state index in [1.807, 2.05) is 19.1 Å². The Hall–Kier alpha value is -1.76. The van der Waals surface area contributed by atoms with Crippen LogP contribution in [0.4, 0.5) is 11.6 Å². The zero-order chi connectivity index (χ0) is 17.5. The molecule has 0 aliphatic heterocycles. The number of unbranched alkanes of at least 4 members (excludes halogenated alkanes) is 9. The number of anilines is 2. The maximum absolute atomic E-state index is 9.17. The van der Waals surface area contributed by atoms with Crippen LogP contribution in [0, 0.1) is 11.3 Å². The topological polar surface area (TPSA) is 60.7 Å². The average molecular weight is 331 g/mol. The predicted octanol–water partition coefficient (Wildman–Crippen LogP) is 5.72. The quantitative estimate of drug-likeness (QED) is 0.428. The maximum atomic E-state index is 9.17. The van der Waals surface area contributed by atoms with Crippen LogP contribution in [-0.4, -0.2) is 18.1 Å². The van der Waals surface area contributed by atoms with E-state index in [-0.39, 0.29) is 0 Å². The molecule has 2 N–H and O–H groups in total. The van der Waals surface area contributed by atoms with Crippen LogP contribution in [-0.2, 0) is 0 Å². The van der Waals surface area contributed by atoms with E-state index in [1.165, 1.54) is 57.8 Å². The highest BCUT2D eigenvalue weighted by Crippen LogP contribution is 2.16. The minimum atomic E-state index is 0.615. The number of rotatable bonds is 14. The Kier molecular flexibility index (Phi) is 11.5. The fourth-order valence-electron chi connectivity index (χ4n) is 2.78. The van der Waals surface area contributed by atoms with Gasteiger partial charge in [0.2, 0.25) is 0 Å². The zero-order valence-corrected chi connectivity index (χ0v) is 15.5. The summed E-state index contributed by atoms with van der Waals surface area (Å²) in [5, 5.41) is 15.7. The van der Waals surface area contributed by atoms with Crippen LogP contribution < -0.4 is 10.6 Å². The van der Waals surface area contributed by atoms with Gasteiger partial charge in [0.05, 0.1) is 5.56 Å². The van der Waals surface area contributed by atoms with Gasteiger partial charge in [-0.15, -0.1) is 0 Å². The number of hydrogen-bond acceptors (Lipinski definition) is 4. The molecule has 0 aliphatic carbocycles. The first-order chi connectivity index (χ1) is 11.8. The van der Waals surface area contributed by atoms with Gasteiger partial charge in [-0.1, -0.05) is 64.7 Å². The van der Waals surface area contributed by atoms with Crippen molar-refractivity contribution in [2.45, 2.75) is 78.1 Å². The summed E-state index contributed by atoms with van der Waals surface area (Å²) >= 11 is 0. The first-order valence-corrected chi connectivity index (χ1v) is 9.70. The van der Waals surface area contributed by atoms with E-state index in [0.717, 1.165) is 25.3 Å². The molecule has 0 atom stereocenters. The fourth-order valence-corrected chi connectivity index (χ4v) is 2.78. The van der Waals surface area contributed by atoms with Gasteiger partial charge in [0.25, 0.3) is 0 Å². The van der Waals surface area contributed by atoms with E-state index in [1.54, 1.807) is 0 Å². The molecular formula is C20H34N4. The van der Waals surface area contributed by atoms with Crippen LogP contribution >= 0.6 is 0 Å². The van der Waals surface area contributed by atoms with E-state index in [9.17, 15) is 0 Å². The van der Waals surface area contributed by atoms with Crippen molar-refractivity contribution in [2.24, 2.45) is 0 Å². The summed E-state index contributed by atoms with van der Waals surface area (Å²) in [6, 6.07) is 5.88. The number of nitrogens with one attached hydrogen (secondary N) is 2. The third-order valence-electron chi connectivity index (χ3n) is 4.20.